The summed E-state index contributed by atoms with van der Waals surface area (Å²) >= 11 is 0. The minimum atomic E-state index is -0.261. The first-order valence-electron chi connectivity index (χ1n) is 11.9. The zero-order valence-electron chi connectivity index (χ0n) is 19.4. The molecule has 5 rings (SSSR count). The molecule has 176 valence electrons. The molecule has 0 spiro atoms. The quantitative estimate of drug-likeness (QED) is 0.539. The van der Waals surface area contributed by atoms with Crippen molar-refractivity contribution in [3.8, 4) is 5.88 Å². The molecule has 2 atom stereocenters. The number of ether oxygens (including phenoxy) is 1. The van der Waals surface area contributed by atoms with E-state index in [1.807, 2.05) is 12.3 Å². The van der Waals surface area contributed by atoms with Crippen LogP contribution in [0.25, 0.3) is 11.0 Å². The van der Waals surface area contributed by atoms with E-state index < -0.39 is 0 Å². The number of halogens is 1. The van der Waals surface area contributed by atoms with Crippen LogP contribution in [-0.4, -0.2) is 72.4 Å². The number of pyridine rings is 1. The van der Waals surface area contributed by atoms with Gasteiger partial charge in [-0.2, -0.15) is 0 Å². The predicted octanol–water partition coefficient (Wildman–Crippen LogP) is 3.79. The van der Waals surface area contributed by atoms with Crippen molar-refractivity contribution in [3.63, 3.8) is 0 Å². The Hall–Kier alpha value is -2.71. The average Bonchev–Trinajstić information content (AvgIpc) is 3.26. The first-order chi connectivity index (χ1) is 16.1. The second-order valence-electron chi connectivity index (χ2n) is 9.33. The van der Waals surface area contributed by atoms with Crippen LogP contribution < -0.4 is 9.64 Å². The fraction of sp³-hybridized carbons (Fsp3) is 0.520. The van der Waals surface area contributed by atoms with Crippen molar-refractivity contribution in [2.24, 2.45) is 5.92 Å². The van der Waals surface area contributed by atoms with Gasteiger partial charge in [0.15, 0.2) is 11.4 Å². The molecular weight excluding hydrogens is 421 g/mol. The number of piperazine rings is 1. The smallest absolute Gasteiger partial charge is 0.213 e. The highest BCUT2D eigenvalue weighted by atomic mass is 19.1. The Kier molecular flexibility index (Phi) is 6.46. The van der Waals surface area contributed by atoms with Gasteiger partial charge in [-0.05, 0) is 50.2 Å². The summed E-state index contributed by atoms with van der Waals surface area (Å²) in [7, 11) is 2.11. The average molecular weight is 454 g/mol. The van der Waals surface area contributed by atoms with Crippen molar-refractivity contribution in [3.05, 3.63) is 47.9 Å². The number of anilines is 1. The maximum Gasteiger partial charge on any atom is 0.213 e. The monoisotopic (exact) mass is 453 g/mol. The molecule has 2 saturated heterocycles. The summed E-state index contributed by atoms with van der Waals surface area (Å²) in [5.74, 6) is 1.70. The van der Waals surface area contributed by atoms with Gasteiger partial charge in [-0.3, -0.25) is 4.90 Å². The third-order valence-electron chi connectivity index (χ3n) is 6.97. The van der Waals surface area contributed by atoms with Gasteiger partial charge in [-0.15, -0.1) is 0 Å². The molecule has 0 saturated carbocycles. The highest BCUT2D eigenvalue weighted by molar-refractivity contribution is 5.88. The molecule has 8 heteroatoms. The molecule has 2 aliphatic heterocycles. The molecule has 0 amide bonds. The number of piperidine rings is 1. The number of rotatable bonds is 7. The Morgan fingerprint density at radius 1 is 1.18 bits per heavy atom. The van der Waals surface area contributed by atoms with Crippen LogP contribution in [0.1, 0.15) is 25.3 Å². The van der Waals surface area contributed by atoms with Crippen molar-refractivity contribution in [2.45, 2.75) is 32.4 Å². The van der Waals surface area contributed by atoms with Crippen LogP contribution in [0.2, 0.25) is 0 Å². The number of benzene rings is 1. The van der Waals surface area contributed by atoms with Gasteiger partial charge >= 0.3 is 0 Å². The zero-order valence-corrected chi connectivity index (χ0v) is 19.4. The maximum atomic E-state index is 13.7. The number of fused-ring (bicyclic) bond motifs is 2. The molecule has 2 aliphatic rings. The molecule has 1 aromatic carbocycles. The molecule has 0 bridgehead atoms. The Bertz CT molecular complexity index is 1070. The third kappa shape index (κ3) is 4.96. The summed E-state index contributed by atoms with van der Waals surface area (Å²) in [5, 5.41) is 4.99. The fourth-order valence-electron chi connectivity index (χ4n) is 4.93. The van der Waals surface area contributed by atoms with Crippen LogP contribution in [0.3, 0.4) is 0 Å². The summed E-state index contributed by atoms with van der Waals surface area (Å²) in [6, 6.07) is 9.13. The van der Waals surface area contributed by atoms with E-state index in [1.54, 1.807) is 6.07 Å². The lowest BCUT2D eigenvalue weighted by atomic mass is 9.91. The van der Waals surface area contributed by atoms with E-state index in [-0.39, 0.29) is 5.82 Å². The number of aromatic nitrogens is 2. The van der Waals surface area contributed by atoms with Gasteiger partial charge in [0, 0.05) is 56.9 Å². The van der Waals surface area contributed by atoms with Crippen molar-refractivity contribution in [2.75, 3.05) is 51.3 Å². The second kappa shape index (κ2) is 9.65. The van der Waals surface area contributed by atoms with Crippen LogP contribution >= 0.6 is 0 Å². The topological polar surface area (TPSA) is 57.9 Å². The van der Waals surface area contributed by atoms with Gasteiger partial charge < -0.3 is 19.1 Å². The molecule has 0 aliphatic carbocycles. The highest BCUT2D eigenvalue weighted by Crippen LogP contribution is 2.31. The predicted molar refractivity (Wildman–Crippen MR) is 126 cm³/mol. The molecule has 33 heavy (non-hydrogen) atoms. The van der Waals surface area contributed by atoms with Crippen LogP contribution in [0.15, 0.2) is 41.1 Å². The normalized spacial score (nSPS) is 21.5. The van der Waals surface area contributed by atoms with Crippen LogP contribution in [-0.2, 0) is 6.54 Å². The molecule has 0 radical (unpaired) electrons. The third-order valence-corrected chi connectivity index (χ3v) is 6.97. The Balaban J connectivity index is 1.13. The van der Waals surface area contributed by atoms with Gasteiger partial charge in [0.2, 0.25) is 5.88 Å². The molecule has 2 unspecified atom stereocenters. The Morgan fingerprint density at radius 2 is 2.09 bits per heavy atom. The summed E-state index contributed by atoms with van der Waals surface area (Å²) in [4.78, 5) is 11.5. The Morgan fingerprint density at radius 3 is 2.91 bits per heavy atom. The standard InChI is InChI=1S/C25H32FN5O2/c1-3-29(2)14-18-5-9-24(27-13-18)32-17-19-4-7-21-16-31(11-10-30(21)15-19)25-22-12-20(26)6-8-23(22)33-28-25/h5-6,8-9,12-13,19,21H,3-4,7,10-11,14-17H2,1-2H3. The number of hydrogen-bond acceptors (Lipinski definition) is 7. The van der Waals surface area contributed by atoms with Gasteiger partial charge in [0.25, 0.3) is 0 Å². The van der Waals surface area contributed by atoms with Gasteiger partial charge in [0.05, 0.1) is 12.0 Å². The molecular formula is C25H32FN5O2. The second-order valence-corrected chi connectivity index (χ2v) is 9.33. The zero-order chi connectivity index (χ0) is 22.8. The lowest BCUT2D eigenvalue weighted by molar-refractivity contribution is 0.0716. The summed E-state index contributed by atoms with van der Waals surface area (Å²) in [6.07, 6.45) is 4.16. The minimum Gasteiger partial charge on any atom is -0.477 e. The minimum absolute atomic E-state index is 0.261. The summed E-state index contributed by atoms with van der Waals surface area (Å²) in [5.41, 5.74) is 1.83. The van der Waals surface area contributed by atoms with Gasteiger partial charge in [-0.25, -0.2) is 9.37 Å². The van der Waals surface area contributed by atoms with Gasteiger partial charge in [-0.1, -0.05) is 18.1 Å². The highest BCUT2D eigenvalue weighted by Gasteiger charge is 2.34. The molecule has 7 nitrogen and oxygen atoms in total. The van der Waals surface area contributed by atoms with Crippen molar-refractivity contribution in [1.29, 1.82) is 0 Å². The van der Waals surface area contributed by atoms with E-state index in [0.717, 1.165) is 63.3 Å². The van der Waals surface area contributed by atoms with E-state index in [2.05, 4.69) is 44.9 Å². The van der Waals surface area contributed by atoms with E-state index in [9.17, 15) is 4.39 Å². The summed E-state index contributed by atoms with van der Waals surface area (Å²) in [6.45, 7) is 8.51. The van der Waals surface area contributed by atoms with E-state index >= 15 is 0 Å². The first-order valence-corrected chi connectivity index (χ1v) is 11.9. The van der Waals surface area contributed by atoms with Crippen molar-refractivity contribution < 1.29 is 13.7 Å². The largest absolute Gasteiger partial charge is 0.477 e. The molecule has 3 aromatic rings. The van der Waals surface area contributed by atoms with Crippen molar-refractivity contribution >= 4 is 16.8 Å². The van der Waals surface area contributed by atoms with Crippen molar-refractivity contribution in [1.82, 2.24) is 19.9 Å². The van der Waals surface area contributed by atoms with Crippen LogP contribution in [0.4, 0.5) is 10.2 Å². The Labute approximate surface area is 194 Å². The fourth-order valence-corrected chi connectivity index (χ4v) is 4.93. The van der Waals surface area contributed by atoms with E-state index in [1.165, 1.54) is 17.7 Å². The number of nitrogens with zero attached hydrogens (tertiary/aromatic N) is 5. The van der Waals surface area contributed by atoms with E-state index in [4.69, 9.17) is 9.26 Å². The van der Waals surface area contributed by atoms with Crippen LogP contribution in [0, 0.1) is 11.7 Å². The molecule has 4 heterocycles. The van der Waals surface area contributed by atoms with Crippen LogP contribution in [0.5, 0.6) is 5.88 Å². The first kappa shape index (κ1) is 22.1. The number of hydrogen-bond donors (Lipinski definition) is 0. The molecule has 2 fully saturated rings. The summed E-state index contributed by atoms with van der Waals surface area (Å²) < 4.78 is 25.2. The molecule has 0 N–H and O–H groups in total. The lowest BCUT2D eigenvalue weighted by Crippen LogP contribution is -2.57. The van der Waals surface area contributed by atoms with E-state index in [0.29, 0.717) is 30.0 Å². The lowest BCUT2D eigenvalue weighted by Gasteiger charge is -2.46. The van der Waals surface area contributed by atoms with Gasteiger partial charge in [0.1, 0.15) is 5.82 Å². The SMILES string of the molecule is CCN(C)Cc1ccc(OCC2CCC3CN(c4noc5ccc(F)cc45)CCN3C2)nc1. The molecule has 2 aromatic heterocycles. The maximum absolute atomic E-state index is 13.7.